The van der Waals surface area contributed by atoms with Gasteiger partial charge in [0.05, 0.1) is 0 Å². The fraction of sp³-hybridized carbons (Fsp3) is 0.846. The van der Waals surface area contributed by atoms with Crippen LogP contribution in [0.25, 0.3) is 0 Å². The van der Waals surface area contributed by atoms with Gasteiger partial charge in [-0.25, -0.2) is 0 Å². The smallest absolute Gasteiger partial charge is 0.0198 e. The van der Waals surface area contributed by atoms with Gasteiger partial charge in [0.25, 0.3) is 0 Å². The fourth-order valence-electron chi connectivity index (χ4n) is 2.34. The highest BCUT2D eigenvalue weighted by Crippen LogP contribution is 2.27. The van der Waals surface area contributed by atoms with Crippen molar-refractivity contribution >= 4 is 0 Å². The Morgan fingerprint density at radius 3 is 2.29 bits per heavy atom. The maximum atomic E-state index is 2.59. The van der Waals surface area contributed by atoms with Crippen molar-refractivity contribution in [3.05, 3.63) is 11.1 Å². The highest BCUT2D eigenvalue weighted by Gasteiger charge is 2.20. The van der Waals surface area contributed by atoms with Gasteiger partial charge >= 0.3 is 0 Å². The van der Waals surface area contributed by atoms with Crippen LogP contribution in [0, 0.1) is 5.92 Å². The van der Waals surface area contributed by atoms with E-state index < -0.39 is 0 Å². The molecular weight excluding hydrogens is 170 g/mol. The van der Waals surface area contributed by atoms with Crippen molar-refractivity contribution in [2.45, 2.75) is 53.5 Å². The van der Waals surface area contributed by atoms with Crippen molar-refractivity contribution in [3.63, 3.8) is 0 Å². The molecule has 0 atom stereocenters. The summed E-state index contributed by atoms with van der Waals surface area (Å²) in [4.78, 5) is 2.59. The lowest BCUT2D eigenvalue weighted by molar-refractivity contribution is 0.225. The van der Waals surface area contributed by atoms with Gasteiger partial charge < -0.3 is 0 Å². The van der Waals surface area contributed by atoms with Gasteiger partial charge in [-0.05, 0) is 32.6 Å². The van der Waals surface area contributed by atoms with E-state index in [4.69, 9.17) is 0 Å². The molecule has 1 aliphatic rings. The van der Waals surface area contributed by atoms with Gasteiger partial charge in [0.1, 0.15) is 0 Å². The van der Waals surface area contributed by atoms with Crippen molar-refractivity contribution in [2.24, 2.45) is 5.92 Å². The lowest BCUT2D eigenvalue weighted by atomic mass is 9.89. The maximum absolute atomic E-state index is 2.59. The summed E-state index contributed by atoms with van der Waals surface area (Å²) in [6, 6.07) is 0.699. The largest absolute Gasteiger partial charge is 0.297 e. The molecule has 82 valence electrons. The molecule has 0 unspecified atom stereocenters. The molecule has 1 aliphatic heterocycles. The van der Waals surface area contributed by atoms with Gasteiger partial charge in [-0.2, -0.15) is 0 Å². The Morgan fingerprint density at radius 2 is 1.86 bits per heavy atom. The summed E-state index contributed by atoms with van der Waals surface area (Å²) in [5.41, 5.74) is 3.42. The van der Waals surface area contributed by atoms with E-state index in [0.717, 1.165) is 5.92 Å². The third-order valence-corrected chi connectivity index (χ3v) is 3.37. The second kappa shape index (κ2) is 4.97. The Bertz CT molecular complexity index is 213. The number of nitrogens with zero attached hydrogens (tertiary/aromatic N) is 1. The van der Waals surface area contributed by atoms with E-state index in [0.29, 0.717) is 6.04 Å². The first-order valence-corrected chi connectivity index (χ1v) is 6.01. The first-order valence-electron chi connectivity index (χ1n) is 6.01. The summed E-state index contributed by atoms with van der Waals surface area (Å²) < 4.78 is 0. The predicted molar refractivity (Wildman–Crippen MR) is 63.5 cm³/mol. The average Bonchev–Trinajstić information content (AvgIpc) is 2.16. The molecule has 1 heteroatoms. The van der Waals surface area contributed by atoms with Gasteiger partial charge in [-0.1, -0.05) is 31.9 Å². The van der Waals surface area contributed by atoms with Gasteiger partial charge in [-0.3, -0.25) is 4.90 Å². The van der Waals surface area contributed by atoms with E-state index in [2.05, 4.69) is 39.5 Å². The summed E-state index contributed by atoms with van der Waals surface area (Å²) in [6.07, 6.45) is 2.52. The van der Waals surface area contributed by atoms with Crippen molar-refractivity contribution in [3.8, 4) is 0 Å². The standard InChI is InChI=1S/C13H25N/c1-6-12-9-14(11(4)5)8-7-13(12)10(2)3/h10-11H,6-9H2,1-5H3. The molecule has 0 N–H and O–H groups in total. The molecule has 0 bridgehead atoms. The van der Waals surface area contributed by atoms with Crippen molar-refractivity contribution < 1.29 is 0 Å². The SMILES string of the molecule is CCC1=C(C(C)C)CCN(C(C)C)C1. The fourth-order valence-corrected chi connectivity index (χ4v) is 2.34. The Labute approximate surface area is 89.2 Å². The molecule has 0 aromatic heterocycles. The van der Waals surface area contributed by atoms with Crippen molar-refractivity contribution in [2.75, 3.05) is 13.1 Å². The molecular formula is C13H25N. The summed E-state index contributed by atoms with van der Waals surface area (Å²) in [6.45, 7) is 14.0. The Morgan fingerprint density at radius 1 is 1.21 bits per heavy atom. The van der Waals surface area contributed by atoms with E-state index >= 15 is 0 Å². The van der Waals surface area contributed by atoms with Crippen LogP contribution >= 0.6 is 0 Å². The first kappa shape index (κ1) is 11.8. The zero-order valence-corrected chi connectivity index (χ0v) is 10.4. The minimum Gasteiger partial charge on any atom is -0.297 e. The van der Waals surface area contributed by atoms with Gasteiger partial charge in [0.2, 0.25) is 0 Å². The van der Waals surface area contributed by atoms with Crippen LogP contribution in [0.1, 0.15) is 47.5 Å². The molecule has 0 amide bonds. The average molecular weight is 195 g/mol. The summed E-state index contributed by atoms with van der Waals surface area (Å²) in [7, 11) is 0. The molecule has 0 radical (unpaired) electrons. The van der Waals surface area contributed by atoms with Gasteiger partial charge in [0.15, 0.2) is 0 Å². The van der Waals surface area contributed by atoms with Crippen LogP contribution in [0.5, 0.6) is 0 Å². The number of hydrogen-bond donors (Lipinski definition) is 0. The van der Waals surface area contributed by atoms with E-state index in [-0.39, 0.29) is 0 Å². The van der Waals surface area contributed by atoms with Crippen LogP contribution in [0.4, 0.5) is 0 Å². The minimum atomic E-state index is 0.699. The predicted octanol–water partition coefficient (Wildman–Crippen LogP) is 3.46. The molecule has 0 aliphatic carbocycles. The van der Waals surface area contributed by atoms with E-state index in [1.165, 1.54) is 25.9 Å². The van der Waals surface area contributed by atoms with Crippen molar-refractivity contribution in [1.82, 2.24) is 4.90 Å². The highest BCUT2D eigenvalue weighted by molar-refractivity contribution is 5.20. The molecule has 0 fully saturated rings. The quantitative estimate of drug-likeness (QED) is 0.623. The molecule has 0 saturated carbocycles. The number of hydrogen-bond acceptors (Lipinski definition) is 1. The molecule has 0 saturated heterocycles. The molecule has 0 spiro atoms. The normalized spacial score (nSPS) is 19.9. The van der Waals surface area contributed by atoms with Crippen LogP contribution in [0.15, 0.2) is 11.1 Å². The molecule has 1 rings (SSSR count). The first-order chi connectivity index (χ1) is 6.56. The molecule has 0 aromatic rings. The molecule has 0 aromatic carbocycles. The third-order valence-electron chi connectivity index (χ3n) is 3.37. The summed E-state index contributed by atoms with van der Waals surface area (Å²) in [5.74, 6) is 0.749. The van der Waals surface area contributed by atoms with Gasteiger partial charge in [-0.15, -0.1) is 0 Å². The van der Waals surface area contributed by atoms with Crippen molar-refractivity contribution in [1.29, 1.82) is 0 Å². The molecule has 1 nitrogen and oxygen atoms in total. The van der Waals surface area contributed by atoms with Crippen LogP contribution in [-0.4, -0.2) is 24.0 Å². The minimum absolute atomic E-state index is 0.699. The van der Waals surface area contributed by atoms with Gasteiger partial charge in [0, 0.05) is 19.1 Å². The summed E-state index contributed by atoms with van der Waals surface area (Å²) >= 11 is 0. The highest BCUT2D eigenvalue weighted by atomic mass is 15.1. The second-order valence-electron chi connectivity index (χ2n) is 4.95. The topological polar surface area (TPSA) is 3.24 Å². The monoisotopic (exact) mass is 195 g/mol. The van der Waals surface area contributed by atoms with Crippen LogP contribution in [0.2, 0.25) is 0 Å². The lowest BCUT2D eigenvalue weighted by Crippen LogP contribution is -2.37. The van der Waals surface area contributed by atoms with Crippen LogP contribution < -0.4 is 0 Å². The van der Waals surface area contributed by atoms with Crippen LogP contribution in [-0.2, 0) is 0 Å². The van der Waals surface area contributed by atoms with Crippen LogP contribution in [0.3, 0.4) is 0 Å². The lowest BCUT2D eigenvalue weighted by Gasteiger charge is -2.34. The molecule has 14 heavy (non-hydrogen) atoms. The zero-order chi connectivity index (χ0) is 10.7. The third kappa shape index (κ3) is 2.60. The maximum Gasteiger partial charge on any atom is 0.0198 e. The Hall–Kier alpha value is -0.300. The second-order valence-corrected chi connectivity index (χ2v) is 4.95. The zero-order valence-electron chi connectivity index (χ0n) is 10.4. The Kier molecular flexibility index (Phi) is 4.18. The number of rotatable bonds is 3. The van der Waals surface area contributed by atoms with E-state index in [1.54, 1.807) is 11.1 Å². The van der Waals surface area contributed by atoms with E-state index in [1.807, 2.05) is 0 Å². The van der Waals surface area contributed by atoms with E-state index in [9.17, 15) is 0 Å². The molecule has 1 heterocycles. The Balaban J connectivity index is 2.75. The summed E-state index contributed by atoms with van der Waals surface area (Å²) in [5, 5.41) is 0.